The molecule has 9 aromatic rings. The minimum atomic E-state index is -0.229. The van der Waals surface area contributed by atoms with Gasteiger partial charge in [0, 0.05) is 51.3 Å². The first-order valence-corrected chi connectivity index (χ1v) is 23.7. The van der Waals surface area contributed by atoms with Gasteiger partial charge in [0.1, 0.15) is 24.0 Å². The third kappa shape index (κ3) is 5.88. The van der Waals surface area contributed by atoms with Crippen LogP contribution in [0, 0.1) is 10.8 Å². The van der Waals surface area contributed by atoms with Crippen molar-refractivity contribution in [3.63, 3.8) is 0 Å². The maximum atomic E-state index is 6.85. The van der Waals surface area contributed by atoms with Crippen molar-refractivity contribution in [1.29, 1.82) is 0 Å². The lowest BCUT2D eigenvalue weighted by Gasteiger charge is -2.60. The molecule has 0 amide bonds. The summed E-state index contributed by atoms with van der Waals surface area (Å²) in [5.74, 6) is 2.48. The number of ether oxygens (including phenoxy) is 1. The molecule has 0 spiro atoms. The SMILES string of the molecule is CC1(C)c2ccccc2-c2ccc(N3CN(c4cccc(Oc5ccc6c7ccccc7n(-c7cc(C8(c9ccccc9)C(C)(C)CCCC8(C)C)ccn7)c6c5)c4)c4ccccc43)cc21. The molecular formula is C61H56N4O. The van der Waals surface area contributed by atoms with E-state index in [0.29, 0.717) is 6.67 Å². The van der Waals surface area contributed by atoms with Gasteiger partial charge < -0.3 is 14.5 Å². The lowest BCUT2D eigenvalue weighted by molar-refractivity contribution is 0.00547. The molecule has 2 aromatic heterocycles. The van der Waals surface area contributed by atoms with Gasteiger partial charge in [0.25, 0.3) is 0 Å². The van der Waals surface area contributed by atoms with Crippen molar-refractivity contribution in [2.75, 3.05) is 16.5 Å². The largest absolute Gasteiger partial charge is 0.457 e. The molecule has 66 heavy (non-hydrogen) atoms. The Hall–Kier alpha value is -7.11. The fourth-order valence-corrected chi connectivity index (χ4v) is 13.1. The zero-order valence-corrected chi connectivity index (χ0v) is 38.8. The number of anilines is 4. The summed E-state index contributed by atoms with van der Waals surface area (Å²) in [6.07, 6.45) is 5.57. The van der Waals surface area contributed by atoms with Crippen LogP contribution in [0.15, 0.2) is 182 Å². The average molecular weight is 861 g/mol. The maximum absolute atomic E-state index is 6.85. The van der Waals surface area contributed by atoms with E-state index < -0.39 is 0 Å². The van der Waals surface area contributed by atoms with Gasteiger partial charge in [0.15, 0.2) is 0 Å². The molecular weight excluding hydrogens is 805 g/mol. The Labute approximate surface area is 389 Å². The lowest BCUT2D eigenvalue weighted by Crippen LogP contribution is -2.56. The minimum absolute atomic E-state index is 0.00648. The fourth-order valence-electron chi connectivity index (χ4n) is 13.1. The zero-order chi connectivity index (χ0) is 45.0. The van der Waals surface area contributed by atoms with E-state index in [4.69, 9.17) is 9.72 Å². The van der Waals surface area contributed by atoms with Crippen LogP contribution in [0.4, 0.5) is 22.7 Å². The van der Waals surface area contributed by atoms with Gasteiger partial charge in [-0.1, -0.05) is 145 Å². The first-order valence-electron chi connectivity index (χ1n) is 23.7. The zero-order valence-electron chi connectivity index (χ0n) is 38.8. The number of nitrogens with zero attached hydrogens (tertiary/aromatic N) is 4. The van der Waals surface area contributed by atoms with E-state index in [0.717, 1.165) is 46.9 Å². The average Bonchev–Trinajstić information content (AvgIpc) is 3.95. The van der Waals surface area contributed by atoms with E-state index in [9.17, 15) is 0 Å². The Kier molecular flexibility index (Phi) is 9.00. The van der Waals surface area contributed by atoms with Crippen molar-refractivity contribution in [1.82, 2.24) is 9.55 Å². The molecule has 5 heteroatoms. The summed E-state index contributed by atoms with van der Waals surface area (Å²) in [5.41, 5.74) is 14.7. The summed E-state index contributed by atoms with van der Waals surface area (Å²) in [6, 6.07) is 64.3. The monoisotopic (exact) mass is 860 g/mol. The molecule has 1 aliphatic heterocycles. The van der Waals surface area contributed by atoms with Crippen LogP contribution in [0.25, 0.3) is 38.8 Å². The molecule has 1 fully saturated rings. The smallest absolute Gasteiger partial charge is 0.137 e. The lowest BCUT2D eigenvalue weighted by atomic mass is 9.43. The van der Waals surface area contributed by atoms with Gasteiger partial charge in [-0.05, 0) is 124 Å². The van der Waals surface area contributed by atoms with E-state index in [2.05, 4.69) is 232 Å². The predicted molar refractivity (Wildman–Crippen MR) is 273 cm³/mol. The summed E-state index contributed by atoms with van der Waals surface area (Å²) in [6.45, 7) is 15.3. The topological polar surface area (TPSA) is 33.5 Å². The van der Waals surface area contributed by atoms with Crippen molar-refractivity contribution in [3.05, 3.63) is 204 Å². The third-order valence-electron chi connectivity index (χ3n) is 15.9. The third-order valence-corrected chi connectivity index (χ3v) is 15.9. The summed E-state index contributed by atoms with van der Waals surface area (Å²) >= 11 is 0. The van der Waals surface area contributed by atoms with Crippen LogP contribution in [-0.4, -0.2) is 16.2 Å². The van der Waals surface area contributed by atoms with Crippen molar-refractivity contribution >= 4 is 44.6 Å². The second-order valence-electron chi connectivity index (χ2n) is 20.7. The van der Waals surface area contributed by atoms with Gasteiger partial charge in [0.05, 0.1) is 22.4 Å². The van der Waals surface area contributed by atoms with E-state index in [1.807, 2.05) is 6.20 Å². The van der Waals surface area contributed by atoms with Gasteiger partial charge in [-0.2, -0.15) is 0 Å². The molecule has 12 rings (SSSR count). The Bertz CT molecular complexity index is 3340. The van der Waals surface area contributed by atoms with Gasteiger partial charge in [0.2, 0.25) is 0 Å². The molecule has 326 valence electrons. The highest BCUT2D eigenvalue weighted by atomic mass is 16.5. The standard InChI is InChI=1S/C61H56N4O/c1-58(2)33-17-34-59(3,4)61(58,41-18-8-7-9-19-41)42-32-35-62-57(36-42)65-53-25-13-11-23-49(53)50-31-29-46(39-56(50)65)66-45-21-16-20-43(37-45)63-40-64(55-27-15-14-26-54(55)63)44-28-30-48-47-22-10-12-24-51(47)60(5,6)52(48)38-44/h7-16,18-32,35-39H,17,33-34,40H2,1-6H3. The molecule has 0 bridgehead atoms. The molecule has 7 aromatic carbocycles. The highest BCUT2D eigenvalue weighted by Crippen LogP contribution is 2.64. The number of rotatable bonds is 7. The summed E-state index contributed by atoms with van der Waals surface area (Å²) < 4.78 is 9.19. The second kappa shape index (κ2) is 14.7. The van der Waals surface area contributed by atoms with Crippen LogP contribution in [0.5, 0.6) is 11.5 Å². The number of para-hydroxylation sites is 3. The highest BCUT2D eigenvalue weighted by molar-refractivity contribution is 6.09. The number of fused-ring (bicyclic) bond motifs is 7. The molecule has 1 saturated carbocycles. The minimum Gasteiger partial charge on any atom is -0.457 e. The molecule has 0 atom stereocenters. The van der Waals surface area contributed by atoms with Gasteiger partial charge in [-0.15, -0.1) is 0 Å². The van der Waals surface area contributed by atoms with Crippen LogP contribution in [0.3, 0.4) is 0 Å². The van der Waals surface area contributed by atoms with Crippen LogP contribution in [0.1, 0.15) is 83.1 Å². The summed E-state index contributed by atoms with van der Waals surface area (Å²) in [4.78, 5) is 9.99. The molecule has 2 aliphatic carbocycles. The number of hydrogen-bond donors (Lipinski definition) is 0. The molecule has 3 aliphatic rings. The molecule has 0 radical (unpaired) electrons. The predicted octanol–water partition coefficient (Wildman–Crippen LogP) is 16.0. The number of hydrogen-bond acceptors (Lipinski definition) is 4. The first-order chi connectivity index (χ1) is 32.0. The molecule has 0 N–H and O–H groups in total. The van der Waals surface area contributed by atoms with E-state index in [1.165, 1.54) is 67.6 Å². The van der Waals surface area contributed by atoms with Crippen molar-refractivity contribution in [3.8, 4) is 28.4 Å². The van der Waals surface area contributed by atoms with Crippen LogP contribution in [-0.2, 0) is 10.8 Å². The van der Waals surface area contributed by atoms with Crippen molar-refractivity contribution in [2.45, 2.75) is 71.6 Å². The van der Waals surface area contributed by atoms with E-state index in [-0.39, 0.29) is 21.7 Å². The Morgan fingerprint density at radius 3 is 1.92 bits per heavy atom. The maximum Gasteiger partial charge on any atom is 0.137 e. The molecule has 3 heterocycles. The van der Waals surface area contributed by atoms with E-state index in [1.54, 1.807) is 0 Å². The Morgan fingerprint density at radius 2 is 1.14 bits per heavy atom. The first kappa shape index (κ1) is 40.4. The summed E-state index contributed by atoms with van der Waals surface area (Å²) in [5, 5.41) is 2.36. The van der Waals surface area contributed by atoms with Crippen molar-refractivity contribution < 1.29 is 4.74 Å². The van der Waals surface area contributed by atoms with Crippen LogP contribution >= 0.6 is 0 Å². The number of benzene rings is 7. The Balaban J connectivity index is 0.904. The van der Waals surface area contributed by atoms with Crippen molar-refractivity contribution in [2.24, 2.45) is 10.8 Å². The van der Waals surface area contributed by atoms with Gasteiger partial charge in [-0.3, -0.25) is 4.57 Å². The molecule has 0 unspecified atom stereocenters. The number of pyridine rings is 1. The second-order valence-corrected chi connectivity index (χ2v) is 20.7. The summed E-state index contributed by atoms with van der Waals surface area (Å²) in [7, 11) is 0. The Morgan fingerprint density at radius 1 is 0.485 bits per heavy atom. The van der Waals surface area contributed by atoms with E-state index >= 15 is 0 Å². The molecule has 5 nitrogen and oxygen atoms in total. The van der Waals surface area contributed by atoms with Crippen LogP contribution < -0.4 is 14.5 Å². The molecule has 0 saturated heterocycles. The normalized spacial score (nSPS) is 17.4. The number of aromatic nitrogens is 2. The fraction of sp³-hybridized carbons (Fsp3) is 0.230. The highest BCUT2D eigenvalue weighted by Gasteiger charge is 2.58. The quantitative estimate of drug-likeness (QED) is 0.160. The van der Waals surface area contributed by atoms with Gasteiger partial charge in [-0.25, -0.2) is 4.98 Å². The van der Waals surface area contributed by atoms with Gasteiger partial charge >= 0.3 is 0 Å². The van der Waals surface area contributed by atoms with Crippen LogP contribution in [0.2, 0.25) is 0 Å².